The number of H-pyrrole nitrogens is 1. The van der Waals surface area contributed by atoms with Crippen LogP contribution in [0.4, 0.5) is 4.79 Å². The molecule has 0 bridgehead atoms. The van der Waals surface area contributed by atoms with Crippen molar-refractivity contribution in [1.82, 2.24) is 20.1 Å². The first kappa shape index (κ1) is 30.7. The Kier molecular flexibility index (Phi) is 10.1. The van der Waals surface area contributed by atoms with Gasteiger partial charge in [-0.15, -0.1) is 0 Å². The maximum atomic E-state index is 13.8. The summed E-state index contributed by atoms with van der Waals surface area (Å²) in [6.07, 6.45) is 4.13. The van der Waals surface area contributed by atoms with E-state index in [1.807, 2.05) is 47.9 Å². The number of rotatable bonds is 14. The Balaban J connectivity index is 1.26. The molecule has 232 valence electrons. The highest BCUT2D eigenvalue weighted by Gasteiger charge is 2.39. The first-order valence-electron chi connectivity index (χ1n) is 15.3. The summed E-state index contributed by atoms with van der Waals surface area (Å²) in [5, 5.41) is 4.40. The van der Waals surface area contributed by atoms with Crippen molar-refractivity contribution in [2.24, 2.45) is 11.8 Å². The summed E-state index contributed by atoms with van der Waals surface area (Å²) < 4.78 is 22.4. The second-order valence-electron chi connectivity index (χ2n) is 11.7. The number of fused-ring (bicyclic) bond motifs is 1. The maximum Gasteiger partial charge on any atom is 0.415 e. The summed E-state index contributed by atoms with van der Waals surface area (Å²) in [5.41, 5.74) is 1.49. The first-order chi connectivity index (χ1) is 20.9. The molecule has 10 nitrogen and oxygen atoms in total. The number of nitrogens with one attached hydrogen (secondary N) is 2. The highest BCUT2D eigenvalue weighted by molar-refractivity contribution is 5.95. The number of aromatic amines is 1. The molecule has 2 fully saturated rings. The SMILES string of the molecule is COCCCOc1cc(C(=O)N(C[C@@H]2CNC[C@H]2CN(C(=O)Oc2c[nH]c3ccccc23)C2CC2)C(C)C)ccc1OC. The van der Waals surface area contributed by atoms with Gasteiger partial charge in [0.2, 0.25) is 0 Å². The van der Waals surface area contributed by atoms with Crippen molar-refractivity contribution in [3.05, 3.63) is 54.2 Å². The number of amides is 2. The van der Waals surface area contributed by atoms with Gasteiger partial charge in [0.1, 0.15) is 0 Å². The van der Waals surface area contributed by atoms with Crippen LogP contribution in [0.25, 0.3) is 10.9 Å². The molecule has 0 unspecified atom stereocenters. The van der Waals surface area contributed by atoms with E-state index in [-0.39, 0.29) is 35.9 Å². The Bertz CT molecular complexity index is 1390. The van der Waals surface area contributed by atoms with Crippen LogP contribution in [0.15, 0.2) is 48.7 Å². The molecule has 3 aromatic rings. The Morgan fingerprint density at radius 3 is 2.44 bits per heavy atom. The van der Waals surface area contributed by atoms with Gasteiger partial charge in [-0.05, 0) is 68.9 Å². The second-order valence-corrected chi connectivity index (χ2v) is 11.7. The Morgan fingerprint density at radius 2 is 1.72 bits per heavy atom. The molecule has 1 aliphatic carbocycles. The van der Waals surface area contributed by atoms with E-state index in [4.69, 9.17) is 18.9 Å². The quantitative estimate of drug-likeness (QED) is 0.256. The first-order valence-corrected chi connectivity index (χ1v) is 15.3. The van der Waals surface area contributed by atoms with Crippen molar-refractivity contribution in [3.8, 4) is 17.2 Å². The minimum atomic E-state index is -0.314. The van der Waals surface area contributed by atoms with E-state index in [0.29, 0.717) is 49.1 Å². The average molecular weight is 593 g/mol. The van der Waals surface area contributed by atoms with Crippen molar-refractivity contribution >= 4 is 22.9 Å². The molecular weight excluding hydrogens is 548 g/mol. The summed E-state index contributed by atoms with van der Waals surface area (Å²) in [6.45, 7) is 7.88. The van der Waals surface area contributed by atoms with Gasteiger partial charge in [-0.3, -0.25) is 4.79 Å². The predicted molar refractivity (Wildman–Crippen MR) is 165 cm³/mol. The standard InChI is InChI=1S/C33H44N4O6/c1-22(2)36(32(38)23-10-13-29(41-4)30(16-23)42-15-7-14-40-3)20-24-17-34-18-25(24)21-37(26-11-12-26)33(39)43-31-19-35-28-9-6-5-8-27(28)31/h5-6,8-10,13,16,19,22,24-26,34-35H,7,11-12,14-15,17-18,20-21H2,1-4H3/t24-,25-/m0/s1. The fourth-order valence-electron chi connectivity index (χ4n) is 5.76. The maximum absolute atomic E-state index is 13.8. The molecule has 10 heteroatoms. The molecule has 0 spiro atoms. The van der Waals surface area contributed by atoms with Gasteiger partial charge in [0, 0.05) is 81.1 Å². The van der Waals surface area contributed by atoms with Crippen molar-refractivity contribution in [2.45, 2.75) is 45.2 Å². The van der Waals surface area contributed by atoms with E-state index < -0.39 is 0 Å². The van der Waals surface area contributed by atoms with E-state index in [0.717, 1.165) is 43.3 Å². The molecule has 2 aromatic carbocycles. The minimum Gasteiger partial charge on any atom is -0.493 e. The van der Waals surface area contributed by atoms with Crippen LogP contribution in [-0.4, -0.2) is 92.5 Å². The predicted octanol–water partition coefficient (Wildman–Crippen LogP) is 4.94. The van der Waals surface area contributed by atoms with Crippen molar-refractivity contribution < 1.29 is 28.5 Å². The smallest absolute Gasteiger partial charge is 0.415 e. The third-order valence-electron chi connectivity index (χ3n) is 8.36. The lowest BCUT2D eigenvalue weighted by Crippen LogP contribution is -2.45. The van der Waals surface area contributed by atoms with E-state index in [1.165, 1.54) is 0 Å². The Hall–Kier alpha value is -3.76. The summed E-state index contributed by atoms with van der Waals surface area (Å²) in [7, 11) is 3.25. The van der Waals surface area contributed by atoms with Crippen LogP contribution < -0.4 is 19.5 Å². The van der Waals surface area contributed by atoms with E-state index in [2.05, 4.69) is 10.3 Å². The normalized spacial score (nSPS) is 18.2. The van der Waals surface area contributed by atoms with Crippen LogP contribution in [0.3, 0.4) is 0 Å². The third kappa shape index (κ3) is 7.43. The van der Waals surface area contributed by atoms with E-state index in [9.17, 15) is 9.59 Å². The summed E-state index contributed by atoms with van der Waals surface area (Å²) in [4.78, 5) is 34.3. The molecule has 2 N–H and O–H groups in total. The van der Waals surface area contributed by atoms with Gasteiger partial charge in [0.15, 0.2) is 17.2 Å². The Morgan fingerprint density at radius 1 is 0.953 bits per heavy atom. The van der Waals surface area contributed by atoms with Gasteiger partial charge in [-0.25, -0.2) is 4.79 Å². The highest BCUT2D eigenvalue weighted by atomic mass is 16.6. The van der Waals surface area contributed by atoms with E-state index >= 15 is 0 Å². The van der Waals surface area contributed by atoms with Crippen molar-refractivity contribution in [3.63, 3.8) is 0 Å². The minimum absolute atomic E-state index is 0.00621. The molecule has 2 aliphatic rings. The summed E-state index contributed by atoms with van der Waals surface area (Å²) in [6, 6.07) is 13.3. The third-order valence-corrected chi connectivity index (χ3v) is 8.36. The molecule has 2 amide bonds. The van der Waals surface area contributed by atoms with Crippen LogP contribution >= 0.6 is 0 Å². The number of hydrogen-bond acceptors (Lipinski definition) is 7. The molecule has 2 atom stereocenters. The van der Waals surface area contributed by atoms with Crippen LogP contribution in [0, 0.1) is 11.8 Å². The molecule has 5 rings (SSSR count). The van der Waals surface area contributed by atoms with E-state index in [1.54, 1.807) is 38.6 Å². The zero-order valence-electron chi connectivity index (χ0n) is 25.6. The number of nitrogens with zero attached hydrogens (tertiary/aromatic N) is 2. The van der Waals surface area contributed by atoms with Crippen LogP contribution in [0.5, 0.6) is 17.2 Å². The molecule has 2 heterocycles. The number of aromatic nitrogens is 1. The van der Waals surface area contributed by atoms with Crippen LogP contribution in [-0.2, 0) is 4.74 Å². The zero-order chi connectivity index (χ0) is 30.3. The molecule has 43 heavy (non-hydrogen) atoms. The van der Waals surface area contributed by atoms with Crippen molar-refractivity contribution in [2.75, 3.05) is 53.6 Å². The molecular formula is C33H44N4O6. The lowest BCUT2D eigenvalue weighted by atomic mass is 9.94. The molecule has 1 aliphatic heterocycles. The van der Waals surface area contributed by atoms with Gasteiger partial charge < -0.3 is 39.0 Å². The fraction of sp³-hybridized carbons (Fsp3) is 0.515. The van der Waals surface area contributed by atoms with Crippen LogP contribution in [0.1, 0.15) is 43.5 Å². The summed E-state index contributed by atoms with van der Waals surface area (Å²) >= 11 is 0. The topological polar surface area (TPSA) is 105 Å². The van der Waals surface area contributed by atoms with Crippen LogP contribution in [0.2, 0.25) is 0 Å². The molecule has 1 saturated heterocycles. The van der Waals surface area contributed by atoms with Crippen molar-refractivity contribution in [1.29, 1.82) is 0 Å². The average Bonchev–Trinajstić information content (AvgIpc) is 3.63. The number of ether oxygens (including phenoxy) is 4. The van der Waals surface area contributed by atoms with Gasteiger partial charge >= 0.3 is 6.09 Å². The second kappa shape index (κ2) is 14.1. The molecule has 1 saturated carbocycles. The number of carbonyl (C=O) groups excluding carboxylic acids is 2. The van der Waals surface area contributed by atoms with Gasteiger partial charge in [-0.2, -0.15) is 0 Å². The summed E-state index contributed by atoms with van der Waals surface area (Å²) in [5.74, 6) is 2.01. The lowest BCUT2D eigenvalue weighted by Gasteiger charge is -2.33. The molecule has 0 radical (unpaired) electrons. The molecule has 1 aromatic heterocycles. The zero-order valence-corrected chi connectivity index (χ0v) is 25.6. The highest BCUT2D eigenvalue weighted by Crippen LogP contribution is 2.33. The monoisotopic (exact) mass is 592 g/mol. The number of carbonyl (C=O) groups is 2. The number of hydrogen-bond donors (Lipinski definition) is 2. The Labute approximate surface area is 253 Å². The fourth-order valence-corrected chi connectivity index (χ4v) is 5.76. The number of methoxy groups -OCH3 is 2. The van der Waals surface area contributed by atoms with Gasteiger partial charge in [0.25, 0.3) is 5.91 Å². The van der Waals surface area contributed by atoms with Gasteiger partial charge in [0.05, 0.1) is 13.7 Å². The number of benzene rings is 2. The van der Waals surface area contributed by atoms with Gasteiger partial charge in [-0.1, -0.05) is 12.1 Å². The lowest BCUT2D eigenvalue weighted by molar-refractivity contribution is 0.0648. The largest absolute Gasteiger partial charge is 0.493 e. The number of para-hydroxylation sites is 1.